The van der Waals surface area contributed by atoms with Crippen molar-refractivity contribution in [3.8, 4) is 0 Å². The average molecular weight is 965 g/mol. The van der Waals surface area contributed by atoms with Crippen molar-refractivity contribution in [3.63, 3.8) is 0 Å². The van der Waals surface area contributed by atoms with Gasteiger partial charge < -0.3 is 65.4 Å². The van der Waals surface area contributed by atoms with Crippen LogP contribution >= 0.6 is 0 Å². The molecule has 17 heteroatoms. The number of aliphatic hydroxyl groups excluding tert-OH is 2. The largest absolute Gasteiger partial charge is 0.456 e. The Hall–Kier alpha value is -3.62. The topological polar surface area (TPSA) is 274 Å². The first kappa shape index (κ1) is 60.5. The van der Waals surface area contributed by atoms with Crippen LogP contribution in [0.2, 0.25) is 0 Å². The van der Waals surface area contributed by atoms with Gasteiger partial charge in [-0.25, -0.2) is 4.79 Å². The van der Waals surface area contributed by atoms with Crippen molar-refractivity contribution >= 4 is 29.1 Å². The Kier molecular flexibility index (Phi) is 24.6. The SMILES string of the molecule is C.CC[C@@H]1/C=C(\C)C[C@H](C)C[C@H](OC)[C@H]2O[C@@](O)(C(=O)C(=O)N3CCCC[C@H]3C(=O)O[C@H](/C(C)=C/[C@@H]3CC[C@@H](O)[C@H](OC)C3)[C@H](C)[C@@H](O)C/C1=N/OCc1ccc([NH3+])cc1)[C@H](C)C[C@@H]2OC.O.O. The van der Waals surface area contributed by atoms with E-state index in [0.29, 0.717) is 62.7 Å². The third-order valence-electron chi connectivity index (χ3n) is 14.4. The molecule has 3 aliphatic heterocycles. The predicted molar refractivity (Wildman–Crippen MR) is 258 cm³/mol. The van der Waals surface area contributed by atoms with E-state index in [4.69, 9.17) is 33.7 Å². The molecule has 10 N–H and O–H groups in total. The molecule has 3 heterocycles. The highest BCUT2D eigenvalue weighted by Crippen LogP contribution is 2.39. The number of ether oxygens (including phenoxy) is 5. The van der Waals surface area contributed by atoms with E-state index in [0.717, 1.165) is 16.8 Å². The highest BCUT2D eigenvalue weighted by Gasteiger charge is 2.56. The second-order valence-corrected chi connectivity index (χ2v) is 19.4. The number of ketones is 1. The van der Waals surface area contributed by atoms with Gasteiger partial charge in [-0.3, -0.25) is 9.59 Å². The van der Waals surface area contributed by atoms with Crippen LogP contribution < -0.4 is 5.73 Å². The summed E-state index contributed by atoms with van der Waals surface area (Å²) in [6, 6.07) is 6.57. The van der Waals surface area contributed by atoms with E-state index in [1.165, 1.54) is 4.90 Å². The van der Waals surface area contributed by atoms with Crippen molar-refractivity contribution in [2.24, 2.45) is 34.7 Å². The number of quaternary nitrogens is 1. The standard InChI is InChI=1S/C50H77N3O12.CH4.2H2O/c1-10-36-22-29(2)21-30(3)23-43(61-8)46-44(62-9)25-32(5)50(59,65-46)47(56)48(57)53-20-12-11-13-39(53)49(58)64-45(31(4)24-35-16-19-40(54)42(26-35)60-7)33(6)41(55)27-38(36)52-63-28-34-14-17-37(51)18-15-34;;;/h14-15,17-18,22,24,30,32-33,35-36,39-46,54-55,59H,10-13,16,19-21,23,25-28,51H2,1-9H3;1H4;2*1H2/p+1/b29-22+,31-24+,52-38-;;;/t30-,32+,33+,35-,36+,39-,40+,41-,42+,43-,44-,45+,46+,50+;;;/m0.../s1. The van der Waals surface area contributed by atoms with Gasteiger partial charge >= 0.3 is 5.97 Å². The summed E-state index contributed by atoms with van der Waals surface area (Å²) in [7, 11) is 4.69. The van der Waals surface area contributed by atoms with Crippen molar-refractivity contribution in [3.05, 3.63) is 53.1 Å². The molecule has 68 heavy (non-hydrogen) atoms. The minimum Gasteiger partial charge on any atom is -0.456 e. The summed E-state index contributed by atoms with van der Waals surface area (Å²) >= 11 is 0. The number of rotatable bonds is 9. The Balaban J connectivity index is 0.00000529. The second-order valence-electron chi connectivity index (χ2n) is 19.4. The van der Waals surface area contributed by atoms with Crippen LogP contribution in [0.25, 0.3) is 0 Å². The lowest BCUT2D eigenvalue weighted by atomic mass is 9.81. The van der Waals surface area contributed by atoms with E-state index in [1.54, 1.807) is 28.3 Å². The van der Waals surface area contributed by atoms with Crippen molar-refractivity contribution in [2.45, 2.75) is 181 Å². The first-order chi connectivity index (χ1) is 30.9. The number of carbonyl (C=O) groups excluding carboxylic acids is 3. The summed E-state index contributed by atoms with van der Waals surface area (Å²) in [6.45, 7) is 11.9. The van der Waals surface area contributed by atoms with Gasteiger partial charge in [0.15, 0.2) is 0 Å². The average Bonchev–Trinajstić information content (AvgIpc) is 3.29. The normalized spacial score (nSPS) is 36.3. The number of benzene rings is 1. The van der Waals surface area contributed by atoms with E-state index in [-0.39, 0.29) is 74.7 Å². The molecule has 388 valence electrons. The molecule has 0 unspecified atom stereocenters. The quantitative estimate of drug-likeness (QED) is 0.117. The van der Waals surface area contributed by atoms with Crippen molar-refractivity contribution < 1.29 is 74.9 Å². The fourth-order valence-electron chi connectivity index (χ4n) is 10.3. The number of oxime groups is 1. The minimum absolute atomic E-state index is 0. The minimum atomic E-state index is -2.51. The summed E-state index contributed by atoms with van der Waals surface area (Å²) < 4.78 is 30.3. The highest BCUT2D eigenvalue weighted by molar-refractivity contribution is 6.39. The van der Waals surface area contributed by atoms with Crippen LogP contribution in [0.15, 0.2) is 52.7 Å². The van der Waals surface area contributed by atoms with Gasteiger partial charge in [-0.05, 0) is 125 Å². The number of hydrogen-bond donors (Lipinski definition) is 4. The number of nitrogens with zero attached hydrogens (tertiary/aromatic N) is 2. The van der Waals surface area contributed by atoms with Crippen molar-refractivity contribution in [1.29, 1.82) is 0 Å². The number of piperidine rings is 1. The van der Waals surface area contributed by atoms with Gasteiger partial charge in [0.2, 0.25) is 5.79 Å². The number of amides is 1. The third-order valence-corrected chi connectivity index (χ3v) is 14.4. The van der Waals surface area contributed by atoms with E-state index >= 15 is 0 Å². The molecular formula is C51H86N3O14+. The number of hydrogen-bond acceptors (Lipinski definition) is 13. The lowest BCUT2D eigenvalue weighted by molar-refractivity contribution is -0.302. The molecule has 2 bridgehead atoms. The molecule has 1 aromatic rings. The van der Waals surface area contributed by atoms with Crippen molar-refractivity contribution in [2.75, 3.05) is 27.9 Å². The number of esters is 1. The molecule has 1 aliphatic carbocycles. The Morgan fingerprint density at radius 3 is 2.19 bits per heavy atom. The molecule has 1 amide bonds. The zero-order valence-electron chi connectivity index (χ0n) is 41.3. The number of aliphatic hydroxyl groups is 3. The molecule has 4 aliphatic rings. The van der Waals surface area contributed by atoms with E-state index in [2.05, 4.69) is 32.6 Å². The molecule has 1 saturated carbocycles. The number of Topliss-reactive ketones (excluding diaryl/α,β-unsaturated/α-hetero) is 1. The van der Waals surface area contributed by atoms with Gasteiger partial charge in [0, 0.05) is 52.0 Å². The third kappa shape index (κ3) is 15.0. The summed E-state index contributed by atoms with van der Waals surface area (Å²) in [5.74, 6) is -7.05. The maximum Gasteiger partial charge on any atom is 0.329 e. The smallest absolute Gasteiger partial charge is 0.329 e. The Morgan fingerprint density at radius 2 is 1.56 bits per heavy atom. The fraction of sp³-hybridized carbons (Fsp3) is 0.725. The van der Waals surface area contributed by atoms with E-state index < -0.39 is 77.9 Å². The van der Waals surface area contributed by atoms with E-state index in [9.17, 15) is 29.7 Å². The summed E-state index contributed by atoms with van der Waals surface area (Å²) in [4.78, 5) is 50.6. The molecule has 5 rings (SSSR count). The van der Waals surface area contributed by atoms with Crippen LogP contribution in [0, 0.1) is 29.6 Å². The van der Waals surface area contributed by atoms with Gasteiger partial charge in [-0.1, -0.05) is 58.0 Å². The number of methoxy groups -OCH3 is 3. The molecule has 3 fully saturated rings. The summed E-state index contributed by atoms with van der Waals surface area (Å²) in [5.41, 5.74) is 8.20. The van der Waals surface area contributed by atoms with Crippen LogP contribution in [-0.2, 0) is 49.5 Å². The molecule has 0 spiro atoms. The Bertz CT molecular complexity index is 1840. The number of cyclic esters (lactones) is 1. The molecule has 2 saturated heterocycles. The van der Waals surface area contributed by atoms with Gasteiger partial charge in [-0.2, -0.15) is 0 Å². The van der Waals surface area contributed by atoms with Gasteiger partial charge in [0.05, 0.1) is 36.2 Å². The van der Waals surface area contributed by atoms with Crippen LogP contribution in [0.3, 0.4) is 0 Å². The number of fused-ring (bicyclic) bond motifs is 3. The van der Waals surface area contributed by atoms with Crippen LogP contribution in [0.1, 0.15) is 125 Å². The number of carbonyl (C=O) groups is 3. The van der Waals surface area contributed by atoms with E-state index in [1.807, 2.05) is 44.2 Å². The highest BCUT2D eigenvalue weighted by atomic mass is 16.7. The molecule has 0 radical (unpaired) electrons. The first-order valence-corrected chi connectivity index (χ1v) is 23.8. The summed E-state index contributed by atoms with van der Waals surface area (Å²) in [5, 5.41) is 39.7. The predicted octanol–water partition coefficient (Wildman–Crippen LogP) is 4.34. The molecule has 14 atom stereocenters. The maximum absolute atomic E-state index is 14.6. The Labute approximate surface area is 404 Å². The molecule has 17 nitrogen and oxygen atoms in total. The zero-order valence-corrected chi connectivity index (χ0v) is 41.3. The molecule has 1 aromatic carbocycles. The maximum atomic E-state index is 14.6. The second kappa shape index (κ2) is 27.7. The number of allylic oxidation sites excluding steroid dienone is 3. The molecular weight excluding hydrogens is 879 g/mol. The van der Waals surface area contributed by atoms with Gasteiger partial charge in [-0.15, -0.1) is 0 Å². The summed E-state index contributed by atoms with van der Waals surface area (Å²) in [6.07, 6.45) is 4.57. The molecule has 0 aromatic heterocycles. The first-order valence-electron chi connectivity index (χ1n) is 23.8. The van der Waals surface area contributed by atoms with Gasteiger partial charge in [0.1, 0.15) is 30.5 Å². The van der Waals surface area contributed by atoms with Gasteiger partial charge in [0.25, 0.3) is 11.7 Å². The van der Waals surface area contributed by atoms with Crippen molar-refractivity contribution in [1.82, 2.24) is 4.90 Å². The van der Waals surface area contributed by atoms with Crippen LogP contribution in [0.5, 0.6) is 0 Å². The lowest BCUT2D eigenvalue weighted by Gasteiger charge is -2.47. The Morgan fingerprint density at radius 1 is 0.912 bits per heavy atom. The van der Waals surface area contributed by atoms with Crippen LogP contribution in [-0.4, -0.2) is 137 Å². The lowest BCUT2D eigenvalue weighted by Crippen LogP contribution is -2.64. The van der Waals surface area contributed by atoms with Crippen LogP contribution in [0.4, 0.5) is 5.69 Å². The zero-order chi connectivity index (χ0) is 47.6. The fourth-order valence-corrected chi connectivity index (χ4v) is 10.3. The monoisotopic (exact) mass is 965 g/mol.